The maximum atomic E-state index is 12.1. The Morgan fingerprint density at radius 2 is 1.07 bits per heavy atom. The predicted octanol–water partition coefficient (Wildman–Crippen LogP) is 3.39. The third-order valence-electron chi connectivity index (χ3n) is 4.44. The Kier molecular flexibility index (Phi) is 10.3. The third-order valence-corrected chi connectivity index (χ3v) is 4.44. The Morgan fingerprint density at radius 1 is 0.700 bits per heavy atom. The van der Waals surface area contributed by atoms with Gasteiger partial charge in [-0.25, -0.2) is 0 Å². The molecular weight excluding hydrogens is 380 g/mol. The SMILES string of the molecule is COCCCNC(=O)c1ccc(/C=C/c2ccc(C(=O)NCCCOC)cc2)cc1. The van der Waals surface area contributed by atoms with Crippen LogP contribution in [0.5, 0.6) is 0 Å². The van der Waals surface area contributed by atoms with Crippen molar-refractivity contribution in [3.8, 4) is 0 Å². The van der Waals surface area contributed by atoms with E-state index in [0.717, 1.165) is 24.0 Å². The second-order valence-corrected chi connectivity index (χ2v) is 6.78. The molecule has 0 aliphatic carbocycles. The van der Waals surface area contributed by atoms with Gasteiger partial charge in [-0.05, 0) is 48.2 Å². The Labute approximate surface area is 178 Å². The first-order valence-electron chi connectivity index (χ1n) is 10.1. The lowest BCUT2D eigenvalue weighted by Gasteiger charge is -2.05. The van der Waals surface area contributed by atoms with Gasteiger partial charge in [0.2, 0.25) is 0 Å². The first-order valence-corrected chi connectivity index (χ1v) is 10.1. The zero-order chi connectivity index (χ0) is 21.6. The van der Waals surface area contributed by atoms with Crippen LogP contribution in [0.15, 0.2) is 48.5 Å². The van der Waals surface area contributed by atoms with Crippen LogP contribution in [-0.2, 0) is 9.47 Å². The quantitative estimate of drug-likeness (QED) is 0.415. The van der Waals surface area contributed by atoms with Gasteiger partial charge in [0.05, 0.1) is 0 Å². The van der Waals surface area contributed by atoms with E-state index >= 15 is 0 Å². The number of amides is 2. The van der Waals surface area contributed by atoms with E-state index in [0.29, 0.717) is 37.4 Å². The molecule has 2 rings (SSSR count). The van der Waals surface area contributed by atoms with Crippen molar-refractivity contribution < 1.29 is 19.1 Å². The minimum Gasteiger partial charge on any atom is -0.385 e. The first kappa shape index (κ1) is 23.3. The summed E-state index contributed by atoms with van der Waals surface area (Å²) >= 11 is 0. The van der Waals surface area contributed by atoms with E-state index < -0.39 is 0 Å². The largest absolute Gasteiger partial charge is 0.385 e. The summed E-state index contributed by atoms with van der Waals surface area (Å²) in [6, 6.07) is 14.9. The molecule has 0 fully saturated rings. The molecule has 0 spiro atoms. The molecule has 0 aliphatic rings. The van der Waals surface area contributed by atoms with Crippen molar-refractivity contribution in [1.82, 2.24) is 10.6 Å². The van der Waals surface area contributed by atoms with E-state index in [-0.39, 0.29) is 11.8 Å². The number of carbonyl (C=O) groups is 2. The normalized spacial score (nSPS) is 10.9. The molecule has 0 bridgehead atoms. The number of benzene rings is 2. The number of hydrogen-bond donors (Lipinski definition) is 2. The highest BCUT2D eigenvalue weighted by atomic mass is 16.5. The van der Waals surface area contributed by atoms with Gasteiger partial charge in [-0.3, -0.25) is 9.59 Å². The smallest absolute Gasteiger partial charge is 0.251 e. The van der Waals surface area contributed by atoms with E-state index in [9.17, 15) is 9.59 Å². The summed E-state index contributed by atoms with van der Waals surface area (Å²) < 4.78 is 9.93. The van der Waals surface area contributed by atoms with Crippen molar-refractivity contribution in [2.24, 2.45) is 0 Å². The summed E-state index contributed by atoms with van der Waals surface area (Å²) in [4.78, 5) is 24.1. The molecule has 2 N–H and O–H groups in total. The second kappa shape index (κ2) is 13.3. The summed E-state index contributed by atoms with van der Waals surface area (Å²) in [6.45, 7) is 2.44. The van der Waals surface area contributed by atoms with Crippen molar-refractivity contribution >= 4 is 24.0 Å². The standard InChI is InChI=1S/C24H30N2O4/c1-29-17-3-15-25-23(27)21-11-7-19(8-12-21)5-6-20-9-13-22(14-10-20)24(28)26-16-4-18-30-2/h5-14H,3-4,15-18H2,1-2H3,(H,25,27)(H,26,28)/b6-5+. The highest BCUT2D eigenvalue weighted by molar-refractivity contribution is 5.95. The van der Waals surface area contributed by atoms with Crippen molar-refractivity contribution in [1.29, 1.82) is 0 Å². The van der Waals surface area contributed by atoms with Gasteiger partial charge in [-0.1, -0.05) is 36.4 Å². The van der Waals surface area contributed by atoms with E-state index in [1.165, 1.54) is 0 Å². The fourth-order valence-electron chi connectivity index (χ4n) is 2.72. The van der Waals surface area contributed by atoms with Gasteiger partial charge in [-0.15, -0.1) is 0 Å². The molecule has 0 heterocycles. The van der Waals surface area contributed by atoms with Crippen LogP contribution in [0.25, 0.3) is 12.2 Å². The number of rotatable bonds is 12. The van der Waals surface area contributed by atoms with Crippen LogP contribution in [-0.4, -0.2) is 52.3 Å². The lowest BCUT2D eigenvalue weighted by atomic mass is 10.1. The van der Waals surface area contributed by atoms with E-state index in [1.54, 1.807) is 14.2 Å². The fraction of sp³-hybridized carbons (Fsp3) is 0.333. The number of nitrogens with one attached hydrogen (secondary N) is 2. The van der Waals surface area contributed by atoms with Crippen molar-refractivity contribution in [3.05, 3.63) is 70.8 Å². The van der Waals surface area contributed by atoms with Gasteiger partial charge >= 0.3 is 0 Å². The molecule has 0 radical (unpaired) electrons. The highest BCUT2D eigenvalue weighted by Crippen LogP contribution is 2.11. The zero-order valence-corrected chi connectivity index (χ0v) is 17.6. The molecule has 2 aromatic carbocycles. The van der Waals surface area contributed by atoms with Gasteiger partial charge in [0.1, 0.15) is 0 Å². The fourth-order valence-corrected chi connectivity index (χ4v) is 2.72. The van der Waals surface area contributed by atoms with Crippen LogP contribution in [0.2, 0.25) is 0 Å². The van der Waals surface area contributed by atoms with Crippen LogP contribution in [0.1, 0.15) is 44.7 Å². The molecule has 0 atom stereocenters. The summed E-state index contributed by atoms with van der Waals surface area (Å²) in [5.41, 5.74) is 3.24. The molecule has 6 nitrogen and oxygen atoms in total. The van der Waals surface area contributed by atoms with E-state index in [2.05, 4.69) is 10.6 Å². The first-order chi connectivity index (χ1) is 14.6. The van der Waals surface area contributed by atoms with Gasteiger partial charge in [0, 0.05) is 51.6 Å². The summed E-state index contributed by atoms with van der Waals surface area (Å²) in [5.74, 6) is -0.171. The minimum atomic E-state index is -0.0854. The monoisotopic (exact) mass is 410 g/mol. The van der Waals surface area contributed by atoms with Crippen molar-refractivity contribution in [3.63, 3.8) is 0 Å². The van der Waals surface area contributed by atoms with Crippen molar-refractivity contribution in [2.45, 2.75) is 12.8 Å². The van der Waals surface area contributed by atoms with E-state index in [4.69, 9.17) is 9.47 Å². The van der Waals surface area contributed by atoms with Gasteiger partial charge in [-0.2, -0.15) is 0 Å². The van der Waals surface area contributed by atoms with E-state index in [1.807, 2.05) is 60.7 Å². The average molecular weight is 411 g/mol. The molecule has 160 valence electrons. The summed E-state index contributed by atoms with van der Waals surface area (Å²) in [7, 11) is 3.29. The molecule has 6 heteroatoms. The summed E-state index contributed by atoms with van der Waals surface area (Å²) in [5, 5.41) is 5.74. The Balaban J connectivity index is 1.85. The number of methoxy groups -OCH3 is 2. The van der Waals surface area contributed by atoms with Crippen LogP contribution in [0, 0.1) is 0 Å². The van der Waals surface area contributed by atoms with Crippen LogP contribution in [0.4, 0.5) is 0 Å². The third kappa shape index (κ3) is 8.19. The van der Waals surface area contributed by atoms with Crippen LogP contribution < -0.4 is 10.6 Å². The molecule has 0 saturated heterocycles. The zero-order valence-electron chi connectivity index (χ0n) is 17.6. The van der Waals surface area contributed by atoms with Gasteiger partial charge in [0.15, 0.2) is 0 Å². The van der Waals surface area contributed by atoms with Gasteiger partial charge in [0.25, 0.3) is 11.8 Å². The Morgan fingerprint density at radius 3 is 1.40 bits per heavy atom. The molecule has 2 aromatic rings. The minimum absolute atomic E-state index is 0.0854. The molecule has 0 unspecified atom stereocenters. The average Bonchev–Trinajstić information content (AvgIpc) is 2.78. The lowest BCUT2D eigenvalue weighted by molar-refractivity contribution is 0.0940. The molecule has 0 aliphatic heterocycles. The molecular formula is C24H30N2O4. The predicted molar refractivity (Wildman–Crippen MR) is 119 cm³/mol. The molecule has 2 amide bonds. The Bertz CT molecular complexity index is 745. The second-order valence-electron chi connectivity index (χ2n) is 6.78. The number of hydrogen-bond acceptors (Lipinski definition) is 4. The maximum absolute atomic E-state index is 12.1. The summed E-state index contributed by atoms with van der Waals surface area (Å²) in [6.07, 6.45) is 5.52. The maximum Gasteiger partial charge on any atom is 0.251 e. The molecule has 0 saturated carbocycles. The molecule has 0 aromatic heterocycles. The number of ether oxygens (including phenoxy) is 2. The number of carbonyl (C=O) groups excluding carboxylic acids is 2. The van der Waals surface area contributed by atoms with Crippen LogP contribution >= 0.6 is 0 Å². The lowest BCUT2D eigenvalue weighted by Crippen LogP contribution is -2.25. The van der Waals surface area contributed by atoms with Crippen LogP contribution in [0.3, 0.4) is 0 Å². The molecule has 30 heavy (non-hydrogen) atoms. The van der Waals surface area contributed by atoms with Gasteiger partial charge < -0.3 is 20.1 Å². The highest BCUT2D eigenvalue weighted by Gasteiger charge is 2.05. The Hall–Kier alpha value is -2.96. The van der Waals surface area contributed by atoms with Crippen molar-refractivity contribution in [2.75, 3.05) is 40.5 Å². The topological polar surface area (TPSA) is 76.7 Å².